The highest BCUT2D eigenvalue weighted by Crippen LogP contribution is 2.28. The fourth-order valence-electron chi connectivity index (χ4n) is 2.30. The Morgan fingerprint density at radius 1 is 1.14 bits per heavy atom. The summed E-state index contributed by atoms with van der Waals surface area (Å²) in [6, 6.07) is 4.29. The number of aryl methyl sites for hydroxylation is 1. The number of hydrogen-bond donors (Lipinski definition) is 1. The number of halogens is 1. The first-order valence-corrected chi connectivity index (χ1v) is 8.82. The summed E-state index contributed by atoms with van der Waals surface area (Å²) in [5.41, 5.74) is 2.45. The van der Waals surface area contributed by atoms with Crippen molar-refractivity contribution in [1.82, 2.24) is 5.32 Å². The maximum absolute atomic E-state index is 6.07. The molecule has 1 aromatic carbocycles. The number of nitrogens with one attached hydrogen (secondary N) is 1. The fraction of sp³-hybridized carbons (Fsp3) is 0.667. The van der Waals surface area contributed by atoms with Gasteiger partial charge in [0.1, 0.15) is 5.75 Å². The monoisotopic (exact) mass is 355 g/mol. The summed E-state index contributed by atoms with van der Waals surface area (Å²) in [5, 5.41) is 3.50. The Kier molecular flexibility index (Phi) is 8.35. The van der Waals surface area contributed by atoms with E-state index in [0.29, 0.717) is 5.92 Å². The lowest BCUT2D eigenvalue weighted by molar-refractivity contribution is 0.292. The van der Waals surface area contributed by atoms with E-state index in [1.165, 1.54) is 17.5 Å². The normalized spacial score (nSPS) is 11.4. The molecule has 0 bridgehead atoms. The largest absolute Gasteiger partial charge is 0.493 e. The van der Waals surface area contributed by atoms with Crippen LogP contribution in [0.2, 0.25) is 0 Å². The van der Waals surface area contributed by atoms with Crippen LogP contribution in [-0.2, 0) is 6.54 Å². The Hall–Kier alpha value is -0.540. The molecule has 0 atom stereocenters. The molecule has 1 aromatic rings. The molecule has 120 valence electrons. The van der Waals surface area contributed by atoms with Crippen LogP contribution in [0, 0.1) is 18.8 Å². The first-order valence-electron chi connectivity index (χ1n) is 8.02. The summed E-state index contributed by atoms with van der Waals surface area (Å²) >= 11 is 3.59. The molecule has 0 saturated carbocycles. The van der Waals surface area contributed by atoms with Gasteiger partial charge in [-0.2, -0.15) is 0 Å². The van der Waals surface area contributed by atoms with Crippen LogP contribution < -0.4 is 10.1 Å². The SMILES string of the molecule is Cc1cc(Br)cc(CNCC(C)C)c1OCCCC(C)C. The Morgan fingerprint density at radius 3 is 2.48 bits per heavy atom. The zero-order chi connectivity index (χ0) is 15.8. The second kappa shape index (κ2) is 9.47. The number of benzene rings is 1. The average molecular weight is 356 g/mol. The van der Waals surface area contributed by atoms with E-state index >= 15 is 0 Å². The Balaban J connectivity index is 2.66. The van der Waals surface area contributed by atoms with Gasteiger partial charge < -0.3 is 10.1 Å². The summed E-state index contributed by atoms with van der Waals surface area (Å²) in [6.07, 6.45) is 2.34. The number of rotatable bonds is 9. The van der Waals surface area contributed by atoms with Gasteiger partial charge in [0.2, 0.25) is 0 Å². The van der Waals surface area contributed by atoms with Gasteiger partial charge >= 0.3 is 0 Å². The standard InChI is InChI=1S/C18H30BrNO/c1-13(2)7-6-8-21-18-15(5)9-17(19)10-16(18)12-20-11-14(3)4/h9-10,13-14,20H,6-8,11-12H2,1-5H3. The second-order valence-electron chi connectivity index (χ2n) is 6.62. The molecule has 3 heteroatoms. The zero-order valence-electron chi connectivity index (χ0n) is 14.1. The smallest absolute Gasteiger partial charge is 0.126 e. The van der Waals surface area contributed by atoms with E-state index in [2.05, 4.69) is 68.0 Å². The van der Waals surface area contributed by atoms with Crippen molar-refractivity contribution in [1.29, 1.82) is 0 Å². The average Bonchev–Trinajstić information content (AvgIpc) is 2.35. The molecular formula is C18H30BrNO. The van der Waals surface area contributed by atoms with Gasteiger partial charge in [0, 0.05) is 16.6 Å². The van der Waals surface area contributed by atoms with E-state index in [4.69, 9.17) is 4.74 Å². The minimum Gasteiger partial charge on any atom is -0.493 e. The molecule has 0 aliphatic rings. The topological polar surface area (TPSA) is 21.3 Å². The number of ether oxygens (including phenoxy) is 1. The fourth-order valence-corrected chi connectivity index (χ4v) is 2.92. The summed E-state index contributed by atoms with van der Waals surface area (Å²) in [7, 11) is 0. The molecule has 0 saturated heterocycles. The van der Waals surface area contributed by atoms with Gasteiger partial charge in [-0.3, -0.25) is 0 Å². The molecule has 0 fully saturated rings. The molecule has 1 rings (SSSR count). The van der Waals surface area contributed by atoms with Crippen molar-refractivity contribution in [3.63, 3.8) is 0 Å². The van der Waals surface area contributed by atoms with E-state index in [9.17, 15) is 0 Å². The summed E-state index contributed by atoms with van der Waals surface area (Å²) in [6.45, 7) is 13.8. The van der Waals surface area contributed by atoms with Crippen LogP contribution in [-0.4, -0.2) is 13.2 Å². The lowest BCUT2D eigenvalue weighted by atomic mass is 10.1. The Labute approximate surface area is 138 Å². The molecule has 0 spiro atoms. The van der Waals surface area contributed by atoms with Gasteiger partial charge in [-0.15, -0.1) is 0 Å². The lowest BCUT2D eigenvalue weighted by Crippen LogP contribution is -2.19. The van der Waals surface area contributed by atoms with Crippen molar-refractivity contribution in [3.8, 4) is 5.75 Å². The molecule has 21 heavy (non-hydrogen) atoms. The van der Waals surface area contributed by atoms with Crippen molar-refractivity contribution in [2.75, 3.05) is 13.2 Å². The van der Waals surface area contributed by atoms with Gasteiger partial charge in [-0.1, -0.05) is 43.6 Å². The zero-order valence-corrected chi connectivity index (χ0v) is 15.7. The van der Waals surface area contributed by atoms with Gasteiger partial charge in [0.25, 0.3) is 0 Å². The molecule has 0 heterocycles. The molecule has 0 amide bonds. The Morgan fingerprint density at radius 2 is 1.86 bits per heavy atom. The van der Waals surface area contributed by atoms with Gasteiger partial charge in [0.15, 0.2) is 0 Å². The van der Waals surface area contributed by atoms with Gasteiger partial charge in [0.05, 0.1) is 6.61 Å². The van der Waals surface area contributed by atoms with Crippen molar-refractivity contribution in [3.05, 3.63) is 27.7 Å². The first kappa shape index (κ1) is 18.5. The lowest BCUT2D eigenvalue weighted by Gasteiger charge is -2.16. The molecule has 0 aliphatic heterocycles. The molecule has 1 N–H and O–H groups in total. The van der Waals surface area contributed by atoms with Crippen LogP contribution in [0.3, 0.4) is 0 Å². The predicted octanol–water partition coefficient (Wildman–Crippen LogP) is 5.32. The summed E-state index contributed by atoms with van der Waals surface area (Å²) < 4.78 is 7.19. The first-order chi connectivity index (χ1) is 9.90. The maximum Gasteiger partial charge on any atom is 0.126 e. The van der Waals surface area contributed by atoms with Crippen LogP contribution in [0.25, 0.3) is 0 Å². The minimum absolute atomic E-state index is 0.661. The maximum atomic E-state index is 6.07. The minimum atomic E-state index is 0.661. The van der Waals surface area contributed by atoms with E-state index in [-0.39, 0.29) is 0 Å². The Bertz CT molecular complexity index is 429. The third-order valence-electron chi connectivity index (χ3n) is 3.36. The third-order valence-corrected chi connectivity index (χ3v) is 3.81. The van der Waals surface area contributed by atoms with Crippen molar-refractivity contribution in [2.24, 2.45) is 11.8 Å². The van der Waals surface area contributed by atoms with Crippen LogP contribution >= 0.6 is 15.9 Å². The van der Waals surface area contributed by atoms with E-state index in [0.717, 1.165) is 42.3 Å². The van der Waals surface area contributed by atoms with Crippen molar-refractivity contribution in [2.45, 2.75) is 54.0 Å². The molecule has 2 nitrogen and oxygen atoms in total. The van der Waals surface area contributed by atoms with Crippen LogP contribution in [0.5, 0.6) is 5.75 Å². The second-order valence-corrected chi connectivity index (χ2v) is 7.54. The van der Waals surface area contributed by atoms with Crippen molar-refractivity contribution >= 4 is 15.9 Å². The van der Waals surface area contributed by atoms with E-state index in [1.807, 2.05) is 0 Å². The van der Waals surface area contributed by atoms with Crippen LogP contribution in [0.1, 0.15) is 51.7 Å². The van der Waals surface area contributed by atoms with Crippen LogP contribution in [0.4, 0.5) is 0 Å². The predicted molar refractivity (Wildman–Crippen MR) is 95.0 cm³/mol. The summed E-state index contributed by atoms with van der Waals surface area (Å²) in [4.78, 5) is 0. The quantitative estimate of drug-likeness (QED) is 0.605. The molecule has 0 aromatic heterocycles. The van der Waals surface area contributed by atoms with Gasteiger partial charge in [-0.25, -0.2) is 0 Å². The van der Waals surface area contributed by atoms with Crippen molar-refractivity contribution < 1.29 is 4.74 Å². The molecule has 0 aliphatic carbocycles. The molecule has 0 unspecified atom stereocenters. The number of hydrogen-bond acceptors (Lipinski definition) is 2. The molecule has 0 radical (unpaired) electrons. The van der Waals surface area contributed by atoms with Gasteiger partial charge in [-0.05, 0) is 55.8 Å². The third kappa shape index (κ3) is 7.32. The highest BCUT2D eigenvalue weighted by atomic mass is 79.9. The van der Waals surface area contributed by atoms with E-state index < -0.39 is 0 Å². The van der Waals surface area contributed by atoms with Crippen LogP contribution in [0.15, 0.2) is 16.6 Å². The highest BCUT2D eigenvalue weighted by Gasteiger charge is 2.09. The highest BCUT2D eigenvalue weighted by molar-refractivity contribution is 9.10. The van der Waals surface area contributed by atoms with E-state index in [1.54, 1.807) is 0 Å². The molecular weight excluding hydrogens is 326 g/mol. The summed E-state index contributed by atoms with van der Waals surface area (Å²) in [5.74, 6) is 2.46.